The van der Waals surface area contributed by atoms with E-state index in [1.165, 1.54) is 10.5 Å². The van der Waals surface area contributed by atoms with Crippen molar-refractivity contribution >= 4 is 35.0 Å². The molecule has 0 aromatic heterocycles. The first-order valence-electron chi connectivity index (χ1n) is 13.5. The predicted molar refractivity (Wildman–Crippen MR) is 152 cm³/mol. The number of amides is 2. The maximum Gasteiger partial charge on any atom is 0.254 e. The Bertz CT molecular complexity index is 1350. The van der Waals surface area contributed by atoms with Gasteiger partial charge in [0.25, 0.3) is 5.91 Å². The van der Waals surface area contributed by atoms with Gasteiger partial charge in [0.1, 0.15) is 11.6 Å². The van der Waals surface area contributed by atoms with Crippen LogP contribution in [0.5, 0.6) is 0 Å². The third-order valence-electron chi connectivity index (χ3n) is 7.85. The Morgan fingerprint density at radius 2 is 1.52 bits per heavy atom. The largest absolute Gasteiger partial charge is 0.334 e. The fraction of sp³-hybridized carbons (Fsp3) is 0.355. The van der Waals surface area contributed by atoms with E-state index in [9.17, 15) is 18.4 Å². The molecule has 2 heterocycles. The number of rotatable bonds is 6. The zero-order valence-electron chi connectivity index (χ0n) is 22.0. The molecule has 0 saturated carbocycles. The molecule has 0 spiro atoms. The summed E-state index contributed by atoms with van der Waals surface area (Å²) in [6.45, 7) is 3.53. The van der Waals surface area contributed by atoms with Gasteiger partial charge in [0.05, 0.1) is 16.1 Å². The Balaban J connectivity index is 1.27. The van der Waals surface area contributed by atoms with Gasteiger partial charge in [-0.2, -0.15) is 0 Å². The summed E-state index contributed by atoms with van der Waals surface area (Å²) in [5.74, 6) is -1.80. The normalized spacial score (nSPS) is 18.6. The van der Waals surface area contributed by atoms with Crippen LogP contribution in [0.15, 0.2) is 66.7 Å². The predicted octanol–water partition coefficient (Wildman–Crippen LogP) is 6.60. The topological polar surface area (TPSA) is 43.9 Å². The van der Waals surface area contributed by atoms with Gasteiger partial charge in [-0.15, -0.1) is 0 Å². The zero-order valence-corrected chi connectivity index (χ0v) is 23.6. The van der Waals surface area contributed by atoms with Crippen molar-refractivity contribution in [2.24, 2.45) is 5.92 Å². The molecule has 2 aliphatic heterocycles. The maximum atomic E-state index is 13.8. The van der Waals surface area contributed by atoms with Crippen molar-refractivity contribution in [2.75, 3.05) is 32.7 Å². The first-order chi connectivity index (χ1) is 19.3. The molecule has 5 nitrogen and oxygen atoms in total. The summed E-state index contributed by atoms with van der Waals surface area (Å²) in [5.41, 5.74) is 1.98. The van der Waals surface area contributed by atoms with Gasteiger partial charge in [-0.3, -0.25) is 14.5 Å². The molecule has 2 amide bonds. The van der Waals surface area contributed by atoms with Crippen molar-refractivity contribution < 1.29 is 18.4 Å². The first kappa shape index (κ1) is 28.5. The zero-order chi connectivity index (χ0) is 28.2. The molecule has 40 heavy (non-hydrogen) atoms. The second-order valence-corrected chi connectivity index (χ2v) is 11.4. The highest BCUT2D eigenvalue weighted by Gasteiger charge is 2.35. The molecule has 0 aliphatic carbocycles. The highest BCUT2D eigenvalue weighted by Crippen LogP contribution is 2.33. The molecule has 3 aromatic carbocycles. The molecule has 210 valence electrons. The second kappa shape index (κ2) is 12.7. The SMILES string of the molecule is O=C(c1cc(F)cc(F)c1)N1CCN(C(=O)CC2CCN(Cc3ccccc3)CC2)C(c2ccc(Cl)c(Cl)c2)C1. The second-order valence-electron chi connectivity index (χ2n) is 10.6. The van der Waals surface area contributed by atoms with Gasteiger partial charge in [-0.25, -0.2) is 8.78 Å². The molecule has 1 unspecified atom stereocenters. The van der Waals surface area contributed by atoms with Crippen molar-refractivity contribution in [1.29, 1.82) is 0 Å². The van der Waals surface area contributed by atoms with Crippen LogP contribution in [0.2, 0.25) is 10.0 Å². The van der Waals surface area contributed by atoms with E-state index in [1.807, 2.05) is 11.0 Å². The molecule has 2 aliphatic rings. The lowest BCUT2D eigenvalue weighted by molar-refractivity contribution is -0.137. The molecular weight excluding hydrogens is 555 g/mol. The molecule has 1 atom stereocenters. The van der Waals surface area contributed by atoms with Crippen molar-refractivity contribution in [3.8, 4) is 0 Å². The van der Waals surface area contributed by atoms with Gasteiger partial charge < -0.3 is 9.80 Å². The van der Waals surface area contributed by atoms with Crippen molar-refractivity contribution in [1.82, 2.24) is 14.7 Å². The van der Waals surface area contributed by atoms with Crippen LogP contribution >= 0.6 is 23.2 Å². The first-order valence-corrected chi connectivity index (χ1v) is 14.3. The lowest BCUT2D eigenvalue weighted by atomic mass is 9.91. The summed E-state index contributed by atoms with van der Waals surface area (Å²) in [7, 11) is 0. The number of hydrogen-bond donors (Lipinski definition) is 0. The third-order valence-corrected chi connectivity index (χ3v) is 8.58. The Morgan fingerprint density at radius 1 is 0.825 bits per heavy atom. The lowest BCUT2D eigenvalue weighted by Gasteiger charge is -2.42. The third kappa shape index (κ3) is 6.82. The van der Waals surface area contributed by atoms with Crippen LogP contribution in [0.4, 0.5) is 8.78 Å². The molecule has 0 N–H and O–H groups in total. The van der Waals surface area contributed by atoms with Crippen molar-refractivity contribution in [3.05, 3.63) is 105 Å². The number of hydrogen-bond acceptors (Lipinski definition) is 3. The molecule has 2 fully saturated rings. The van der Waals surface area contributed by atoms with Gasteiger partial charge in [0.2, 0.25) is 5.91 Å². The van der Waals surface area contributed by atoms with Crippen molar-refractivity contribution in [3.63, 3.8) is 0 Å². The van der Waals surface area contributed by atoms with Gasteiger partial charge in [-0.1, -0.05) is 59.6 Å². The number of carbonyl (C=O) groups is 2. The minimum atomic E-state index is -0.812. The fourth-order valence-electron chi connectivity index (χ4n) is 5.69. The minimum Gasteiger partial charge on any atom is -0.334 e. The van der Waals surface area contributed by atoms with Gasteiger partial charge in [0, 0.05) is 44.2 Å². The lowest BCUT2D eigenvalue weighted by Crippen LogP contribution is -2.52. The highest BCUT2D eigenvalue weighted by molar-refractivity contribution is 6.42. The van der Waals surface area contributed by atoms with E-state index in [0.717, 1.165) is 56.2 Å². The quantitative estimate of drug-likeness (QED) is 0.327. The number of carbonyl (C=O) groups excluding carboxylic acids is 2. The Labute approximate surface area is 243 Å². The van der Waals surface area contributed by atoms with Crippen LogP contribution in [0.25, 0.3) is 0 Å². The maximum absolute atomic E-state index is 13.8. The number of benzene rings is 3. The van der Waals surface area contributed by atoms with E-state index in [4.69, 9.17) is 23.2 Å². The molecule has 0 bridgehead atoms. The molecule has 9 heteroatoms. The van der Waals surface area contributed by atoms with Crippen LogP contribution in [-0.4, -0.2) is 59.2 Å². The average molecular weight is 587 g/mol. The fourth-order valence-corrected chi connectivity index (χ4v) is 5.99. The number of halogens is 4. The van der Waals surface area contributed by atoms with Crippen LogP contribution in [-0.2, 0) is 11.3 Å². The number of piperazine rings is 1. The number of likely N-dealkylation sites (tertiary alicyclic amines) is 1. The van der Waals surface area contributed by atoms with Crippen LogP contribution in [0.1, 0.15) is 46.8 Å². The van der Waals surface area contributed by atoms with Gasteiger partial charge in [0.15, 0.2) is 0 Å². The van der Waals surface area contributed by atoms with E-state index >= 15 is 0 Å². The Kier molecular flexibility index (Phi) is 9.03. The van der Waals surface area contributed by atoms with E-state index < -0.39 is 23.6 Å². The molecular formula is C31H31Cl2F2N3O2. The molecule has 0 radical (unpaired) electrons. The van der Waals surface area contributed by atoms with E-state index in [1.54, 1.807) is 18.2 Å². The Morgan fingerprint density at radius 3 is 2.20 bits per heavy atom. The van der Waals surface area contributed by atoms with Crippen molar-refractivity contribution in [2.45, 2.75) is 31.8 Å². The summed E-state index contributed by atoms with van der Waals surface area (Å²) in [4.78, 5) is 32.6. The molecule has 2 saturated heterocycles. The number of piperidine rings is 1. The summed E-state index contributed by atoms with van der Waals surface area (Å²) < 4.78 is 27.6. The monoisotopic (exact) mass is 585 g/mol. The highest BCUT2D eigenvalue weighted by atomic mass is 35.5. The summed E-state index contributed by atoms with van der Waals surface area (Å²) in [5, 5.41) is 0.748. The summed E-state index contributed by atoms with van der Waals surface area (Å²) in [6, 6.07) is 17.9. The Hall–Kier alpha value is -3.00. The summed E-state index contributed by atoms with van der Waals surface area (Å²) in [6.07, 6.45) is 2.32. The van der Waals surface area contributed by atoms with Crippen LogP contribution in [0.3, 0.4) is 0 Å². The van der Waals surface area contributed by atoms with Crippen LogP contribution < -0.4 is 0 Å². The van der Waals surface area contributed by atoms with Crippen LogP contribution in [0, 0.1) is 17.6 Å². The van der Waals surface area contributed by atoms with Gasteiger partial charge >= 0.3 is 0 Å². The van der Waals surface area contributed by atoms with E-state index in [2.05, 4.69) is 29.2 Å². The summed E-state index contributed by atoms with van der Waals surface area (Å²) >= 11 is 12.5. The standard InChI is InChI=1S/C31H31Cl2F2N3O2/c32-27-7-6-23(17-28(27)33)29-20-37(31(40)24-15-25(34)18-26(35)16-24)12-13-38(29)30(39)14-21-8-10-36(11-9-21)19-22-4-2-1-3-5-22/h1-7,15-18,21,29H,8-14,19-20H2. The van der Waals surface area contributed by atoms with E-state index in [0.29, 0.717) is 23.0 Å². The minimum absolute atomic E-state index is 0.0291. The average Bonchev–Trinajstić information content (AvgIpc) is 2.95. The number of nitrogens with zero attached hydrogens (tertiary/aromatic N) is 3. The smallest absolute Gasteiger partial charge is 0.254 e. The van der Waals surface area contributed by atoms with E-state index in [-0.39, 0.29) is 30.5 Å². The molecule has 5 rings (SSSR count). The molecule has 3 aromatic rings. The van der Waals surface area contributed by atoms with Gasteiger partial charge in [-0.05, 0) is 67.2 Å².